The van der Waals surface area contributed by atoms with E-state index in [1.165, 1.54) is 12.1 Å². The Morgan fingerprint density at radius 1 is 1.04 bits per heavy atom. The van der Waals surface area contributed by atoms with E-state index in [1.807, 2.05) is 6.07 Å². The Morgan fingerprint density at radius 2 is 1.78 bits per heavy atom. The first-order chi connectivity index (χ1) is 11.0. The first-order valence-corrected chi connectivity index (χ1v) is 8.02. The van der Waals surface area contributed by atoms with Gasteiger partial charge in [-0.25, -0.2) is 0 Å². The molecule has 126 valence electrons. The van der Waals surface area contributed by atoms with Crippen LogP contribution in [0.4, 0.5) is 13.2 Å². The molecule has 0 aliphatic carbocycles. The van der Waals surface area contributed by atoms with Gasteiger partial charge in [-0.05, 0) is 43.8 Å². The number of halogens is 3. The monoisotopic (exact) mass is 324 g/mol. The first kappa shape index (κ1) is 17.6. The average molecular weight is 324 g/mol. The molecule has 0 unspecified atom stereocenters. The molecule has 0 atom stereocenters. The molecule has 2 rings (SSSR count). The summed E-state index contributed by atoms with van der Waals surface area (Å²) in [5, 5.41) is 0. The van der Waals surface area contributed by atoms with Gasteiger partial charge in [-0.2, -0.15) is 13.2 Å². The van der Waals surface area contributed by atoms with E-state index in [-0.39, 0.29) is 5.69 Å². The predicted molar refractivity (Wildman–Crippen MR) is 86.6 cm³/mol. The number of nitrogens with zero attached hydrogens (tertiary/aromatic N) is 2. The molecule has 0 N–H and O–H groups in total. The highest BCUT2D eigenvalue weighted by Crippen LogP contribution is 2.34. The van der Waals surface area contributed by atoms with Gasteiger partial charge in [-0.15, -0.1) is 0 Å². The van der Waals surface area contributed by atoms with Crippen molar-refractivity contribution in [3.8, 4) is 5.69 Å². The van der Waals surface area contributed by atoms with Crippen molar-refractivity contribution in [3.63, 3.8) is 0 Å². The molecule has 0 fully saturated rings. The summed E-state index contributed by atoms with van der Waals surface area (Å²) in [5.74, 6) is 0. The standard InChI is InChI=1S/C18H23F3N2/c1-3-5-12-22(4-2)14-15-9-8-13-23(15)17-11-7-6-10-16(17)18(19,20)21/h6-11,13H,3-5,12,14H2,1-2H3. The number of para-hydroxylation sites is 1. The summed E-state index contributed by atoms with van der Waals surface area (Å²) in [6.07, 6.45) is -0.458. The van der Waals surface area contributed by atoms with Crippen LogP contribution < -0.4 is 0 Å². The third-order valence-corrected chi connectivity index (χ3v) is 3.96. The Hall–Kier alpha value is -1.75. The minimum Gasteiger partial charge on any atom is -0.319 e. The van der Waals surface area contributed by atoms with E-state index >= 15 is 0 Å². The summed E-state index contributed by atoms with van der Waals surface area (Å²) in [4.78, 5) is 2.26. The summed E-state index contributed by atoms with van der Waals surface area (Å²) in [7, 11) is 0. The van der Waals surface area contributed by atoms with E-state index in [4.69, 9.17) is 0 Å². The zero-order valence-corrected chi connectivity index (χ0v) is 13.6. The van der Waals surface area contributed by atoms with Crippen molar-refractivity contribution in [3.05, 3.63) is 53.9 Å². The summed E-state index contributed by atoms with van der Waals surface area (Å²) in [5.41, 5.74) is 0.459. The molecule has 2 aromatic rings. The van der Waals surface area contributed by atoms with E-state index in [0.29, 0.717) is 6.54 Å². The Kier molecular flexibility index (Phi) is 5.88. The Balaban J connectivity index is 2.32. The average Bonchev–Trinajstić information content (AvgIpc) is 2.98. The van der Waals surface area contributed by atoms with Crippen LogP contribution in [-0.4, -0.2) is 22.6 Å². The van der Waals surface area contributed by atoms with Crippen molar-refractivity contribution in [2.24, 2.45) is 0 Å². The lowest BCUT2D eigenvalue weighted by molar-refractivity contribution is -0.137. The summed E-state index contributed by atoms with van der Waals surface area (Å²) < 4.78 is 41.4. The lowest BCUT2D eigenvalue weighted by atomic mass is 10.1. The third-order valence-electron chi connectivity index (χ3n) is 3.96. The van der Waals surface area contributed by atoms with Crippen LogP contribution in [0.25, 0.3) is 5.69 Å². The Morgan fingerprint density at radius 3 is 2.43 bits per heavy atom. The normalized spacial score (nSPS) is 12.1. The molecular weight excluding hydrogens is 301 g/mol. The first-order valence-electron chi connectivity index (χ1n) is 8.02. The van der Waals surface area contributed by atoms with E-state index in [0.717, 1.165) is 37.7 Å². The highest BCUT2D eigenvalue weighted by atomic mass is 19.4. The van der Waals surface area contributed by atoms with Gasteiger partial charge in [0.1, 0.15) is 0 Å². The maximum atomic E-state index is 13.2. The number of unbranched alkanes of at least 4 members (excludes halogenated alkanes) is 1. The highest BCUT2D eigenvalue weighted by molar-refractivity contribution is 5.44. The van der Waals surface area contributed by atoms with Gasteiger partial charge in [0.2, 0.25) is 0 Å². The maximum Gasteiger partial charge on any atom is 0.418 e. The number of rotatable bonds is 7. The number of alkyl halides is 3. The van der Waals surface area contributed by atoms with E-state index in [9.17, 15) is 13.2 Å². The van der Waals surface area contributed by atoms with Crippen LogP contribution in [0.5, 0.6) is 0 Å². The van der Waals surface area contributed by atoms with Crippen LogP contribution >= 0.6 is 0 Å². The Bertz CT molecular complexity index is 617. The van der Waals surface area contributed by atoms with Gasteiger partial charge >= 0.3 is 6.18 Å². The minimum atomic E-state index is -4.36. The molecular formula is C18H23F3N2. The van der Waals surface area contributed by atoms with Gasteiger partial charge in [0.05, 0.1) is 11.3 Å². The van der Waals surface area contributed by atoms with E-state index in [2.05, 4.69) is 18.7 Å². The van der Waals surface area contributed by atoms with Crippen LogP contribution in [-0.2, 0) is 12.7 Å². The predicted octanol–water partition coefficient (Wildman–Crippen LogP) is 5.12. The molecule has 0 aliphatic heterocycles. The smallest absolute Gasteiger partial charge is 0.319 e. The number of hydrogen-bond donors (Lipinski definition) is 0. The number of hydrogen-bond acceptors (Lipinski definition) is 1. The van der Waals surface area contributed by atoms with Gasteiger partial charge in [-0.3, -0.25) is 4.90 Å². The molecule has 1 aromatic carbocycles. The molecule has 0 radical (unpaired) electrons. The number of benzene rings is 1. The second-order valence-electron chi connectivity index (χ2n) is 5.61. The molecule has 5 heteroatoms. The third kappa shape index (κ3) is 4.38. The van der Waals surface area contributed by atoms with Gasteiger partial charge in [0.25, 0.3) is 0 Å². The zero-order valence-electron chi connectivity index (χ0n) is 13.6. The van der Waals surface area contributed by atoms with E-state index in [1.54, 1.807) is 22.9 Å². The molecule has 1 heterocycles. The molecule has 23 heavy (non-hydrogen) atoms. The van der Waals surface area contributed by atoms with Crippen molar-refractivity contribution >= 4 is 0 Å². The molecule has 0 aliphatic rings. The Labute approximate surface area is 135 Å². The van der Waals surface area contributed by atoms with Crippen LogP contribution in [0, 0.1) is 0 Å². The molecule has 0 amide bonds. The molecule has 0 spiro atoms. The van der Waals surface area contributed by atoms with Gasteiger partial charge in [0, 0.05) is 18.4 Å². The van der Waals surface area contributed by atoms with Crippen molar-refractivity contribution < 1.29 is 13.2 Å². The van der Waals surface area contributed by atoms with Crippen LogP contribution in [0.3, 0.4) is 0 Å². The van der Waals surface area contributed by atoms with Crippen LogP contribution in [0.15, 0.2) is 42.6 Å². The molecule has 0 saturated heterocycles. The summed E-state index contributed by atoms with van der Waals surface area (Å²) in [6, 6.07) is 9.42. The lowest BCUT2D eigenvalue weighted by Crippen LogP contribution is -2.25. The minimum absolute atomic E-state index is 0.187. The highest BCUT2D eigenvalue weighted by Gasteiger charge is 2.33. The fourth-order valence-corrected chi connectivity index (χ4v) is 2.66. The number of aromatic nitrogens is 1. The van der Waals surface area contributed by atoms with Crippen molar-refractivity contribution in [1.29, 1.82) is 0 Å². The largest absolute Gasteiger partial charge is 0.418 e. The van der Waals surface area contributed by atoms with Crippen molar-refractivity contribution in [2.75, 3.05) is 13.1 Å². The quantitative estimate of drug-likeness (QED) is 0.686. The fourth-order valence-electron chi connectivity index (χ4n) is 2.66. The summed E-state index contributed by atoms with van der Waals surface area (Å²) >= 11 is 0. The second-order valence-corrected chi connectivity index (χ2v) is 5.61. The lowest BCUT2D eigenvalue weighted by Gasteiger charge is -2.22. The molecule has 0 saturated carbocycles. The zero-order chi connectivity index (χ0) is 16.9. The van der Waals surface area contributed by atoms with Crippen molar-refractivity contribution in [2.45, 2.75) is 39.4 Å². The summed E-state index contributed by atoms with van der Waals surface area (Å²) in [6.45, 7) is 6.70. The van der Waals surface area contributed by atoms with Gasteiger partial charge < -0.3 is 4.57 Å². The van der Waals surface area contributed by atoms with Gasteiger partial charge in [-0.1, -0.05) is 32.4 Å². The van der Waals surface area contributed by atoms with Crippen LogP contribution in [0.1, 0.15) is 37.9 Å². The van der Waals surface area contributed by atoms with Crippen LogP contribution in [0.2, 0.25) is 0 Å². The second kappa shape index (κ2) is 7.68. The molecule has 2 nitrogen and oxygen atoms in total. The van der Waals surface area contributed by atoms with Gasteiger partial charge in [0.15, 0.2) is 0 Å². The molecule has 0 bridgehead atoms. The maximum absolute atomic E-state index is 13.2. The van der Waals surface area contributed by atoms with Crippen molar-refractivity contribution in [1.82, 2.24) is 9.47 Å². The topological polar surface area (TPSA) is 8.17 Å². The SMILES string of the molecule is CCCCN(CC)Cc1cccn1-c1ccccc1C(F)(F)F. The molecule has 1 aromatic heterocycles. The fraction of sp³-hybridized carbons (Fsp3) is 0.444. The van der Waals surface area contributed by atoms with E-state index < -0.39 is 11.7 Å².